The van der Waals surface area contributed by atoms with Crippen LogP contribution in [0.2, 0.25) is 0 Å². The Bertz CT molecular complexity index is 1210. The van der Waals surface area contributed by atoms with Crippen molar-refractivity contribution in [2.75, 3.05) is 6.54 Å². The van der Waals surface area contributed by atoms with Crippen LogP contribution in [0, 0.1) is 6.92 Å². The van der Waals surface area contributed by atoms with Crippen molar-refractivity contribution < 1.29 is 0 Å². The molecule has 140 valence electrons. The number of hydrogen-bond donors (Lipinski definition) is 2. The Morgan fingerprint density at radius 3 is 2.93 bits per heavy atom. The zero-order valence-corrected chi connectivity index (χ0v) is 15.6. The molecule has 0 atom stereocenters. The monoisotopic (exact) mass is 372 g/mol. The largest absolute Gasteiger partial charge is 0.361 e. The van der Waals surface area contributed by atoms with E-state index in [-0.39, 0.29) is 5.56 Å². The van der Waals surface area contributed by atoms with E-state index in [0.29, 0.717) is 12.4 Å². The molecule has 0 aliphatic carbocycles. The summed E-state index contributed by atoms with van der Waals surface area (Å²) in [5.74, 6) is 0.532. The zero-order chi connectivity index (χ0) is 19.1. The number of aromatic amines is 2. The summed E-state index contributed by atoms with van der Waals surface area (Å²) >= 11 is 0. The summed E-state index contributed by atoms with van der Waals surface area (Å²) < 4.78 is 0. The smallest absolute Gasteiger partial charge is 0.255 e. The van der Waals surface area contributed by atoms with Crippen molar-refractivity contribution in [2.24, 2.45) is 0 Å². The van der Waals surface area contributed by atoms with Crippen molar-refractivity contribution >= 4 is 10.9 Å². The van der Waals surface area contributed by atoms with E-state index in [4.69, 9.17) is 0 Å². The predicted octanol–water partition coefficient (Wildman–Crippen LogP) is 2.57. The number of rotatable bonds is 3. The maximum Gasteiger partial charge on any atom is 0.255 e. The standard InChI is InChI=1S/C21H20N6O/c1-13-2-3-16-15(9-24-19(16)6-13)10-27-5-4-18-17(11-27)21(28)26-20(25-18)14-7-22-12-23-8-14/h2-3,6-9,12,24H,4-5,10-11H2,1H3,(H,25,26,28). The van der Waals surface area contributed by atoms with E-state index in [0.717, 1.165) is 41.8 Å². The molecule has 1 aliphatic rings. The molecule has 7 nitrogen and oxygen atoms in total. The average Bonchev–Trinajstić information content (AvgIpc) is 3.10. The van der Waals surface area contributed by atoms with Crippen LogP contribution in [-0.4, -0.2) is 36.4 Å². The zero-order valence-electron chi connectivity index (χ0n) is 15.6. The summed E-state index contributed by atoms with van der Waals surface area (Å²) in [7, 11) is 0. The van der Waals surface area contributed by atoms with Gasteiger partial charge in [-0.2, -0.15) is 0 Å². The highest BCUT2D eigenvalue weighted by molar-refractivity contribution is 5.83. The molecular formula is C21H20N6O. The highest BCUT2D eigenvalue weighted by Gasteiger charge is 2.22. The Balaban J connectivity index is 1.41. The van der Waals surface area contributed by atoms with Crippen LogP contribution in [0.25, 0.3) is 22.3 Å². The molecule has 1 aromatic carbocycles. The maximum atomic E-state index is 12.7. The summed E-state index contributed by atoms with van der Waals surface area (Å²) in [6.07, 6.45) is 7.60. The van der Waals surface area contributed by atoms with Gasteiger partial charge < -0.3 is 9.97 Å². The lowest BCUT2D eigenvalue weighted by Crippen LogP contribution is -2.35. The highest BCUT2D eigenvalue weighted by atomic mass is 16.1. The van der Waals surface area contributed by atoms with Gasteiger partial charge in [-0.05, 0) is 24.1 Å². The van der Waals surface area contributed by atoms with Gasteiger partial charge in [0.05, 0.1) is 16.8 Å². The van der Waals surface area contributed by atoms with Gasteiger partial charge in [0.15, 0.2) is 0 Å². The fourth-order valence-electron chi connectivity index (χ4n) is 3.85. The Kier molecular flexibility index (Phi) is 4.02. The van der Waals surface area contributed by atoms with E-state index in [9.17, 15) is 4.79 Å². The van der Waals surface area contributed by atoms with Crippen LogP contribution in [-0.2, 0) is 19.5 Å². The highest BCUT2D eigenvalue weighted by Crippen LogP contribution is 2.24. The second-order valence-corrected chi connectivity index (χ2v) is 7.29. The molecule has 0 radical (unpaired) electrons. The number of aromatic nitrogens is 5. The van der Waals surface area contributed by atoms with Crippen molar-refractivity contribution in [1.29, 1.82) is 0 Å². The van der Waals surface area contributed by atoms with Gasteiger partial charge in [-0.1, -0.05) is 12.1 Å². The minimum atomic E-state index is -0.0805. The second kappa shape index (κ2) is 6.69. The topological polar surface area (TPSA) is 90.6 Å². The second-order valence-electron chi connectivity index (χ2n) is 7.29. The van der Waals surface area contributed by atoms with Crippen LogP contribution in [0.1, 0.15) is 22.4 Å². The van der Waals surface area contributed by atoms with Crippen molar-refractivity contribution in [3.63, 3.8) is 0 Å². The summed E-state index contributed by atoms with van der Waals surface area (Å²) in [5.41, 5.74) is 5.91. The summed E-state index contributed by atoms with van der Waals surface area (Å²) in [6.45, 7) is 4.36. The van der Waals surface area contributed by atoms with E-state index in [1.165, 1.54) is 22.8 Å². The Hall–Kier alpha value is -3.32. The van der Waals surface area contributed by atoms with Crippen LogP contribution in [0.3, 0.4) is 0 Å². The first-order valence-electron chi connectivity index (χ1n) is 9.34. The van der Waals surface area contributed by atoms with Crippen molar-refractivity contribution in [3.05, 3.63) is 75.9 Å². The molecule has 5 rings (SSSR count). The summed E-state index contributed by atoms with van der Waals surface area (Å²) in [6, 6.07) is 6.46. The third-order valence-electron chi connectivity index (χ3n) is 5.30. The van der Waals surface area contributed by atoms with Gasteiger partial charge in [0.2, 0.25) is 0 Å². The van der Waals surface area contributed by atoms with Crippen LogP contribution >= 0.6 is 0 Å². The quantitative estimate of drug-likeness (QED) is 0.577. The molecule has 0 amide bonds. The molecule has 0 fully saturated rings. The van der Waals surface area contributed by atoms with Gasteiger partial charge in [-0.25, -0.2) is 15.0 Å². The molecule has 0 spiro atoms. The van der Waals surface area contributed by atoms with Gasteiger partial charge in [0.1, 0.15) is 12.2 Å². The van der Waals surface area contributed by atoms with Crippen LogP contribution in [0.5, 0.6) is 0 Å². The lowest BCUT2D eigenvalue weighted by atomic mass is 10.0. The molecule has 0 bridgehead atoms. The van der Waals surface area contributed by atoms with Crippen molar-refractivity contribution in [2.45, 2.75) is 26.4 Å². The number of hydrogen-bond acceptors (Lipinski definition) is 5. The predicted molar refractivity (Wildman–Crippen MR) is 107 cm³/mol. The molecular weight excluding hydrogens is 352 g/mol. The Labute approximate surface area is 161 Å². The van der Waals surface area contributed by atoms with E-state index in [1.54, 1.807) is 12.4 Å². The lowest BCUT2D eigenvalue weighted by molar-refractivity contribution is 0.242. The van der Waals surface area contributed by atoms with Crippen LogP contribution in [0.4, 0.5) is 0 Å². The first-order chi connectivity index (χ1) is 13.7. The number of aryl methyl sites for hydroxylation is 1. The third-order valence-corrected chi connectivity index (χ3v) is 5.30. The normalized spacial score (nSPS) is 14.3. The minimum Gasteiger partial charge on any atom is -0.361 e. The number of H-pyrrole nitrogens is 2. The van der Waals surface area contributed by atoms with Gasteiger partial charge >= 0.3 is 0 Å². The third kappa shape index (κ3) is 2.99. The van der Waals surface area contributed by atoms with E-state index >= 15 is 0 Å². The molecule has 0 unspecified atom stereocenters. The lowest BCUT2D eigenvalue weighted by Gasteiger charge is -2.27. The number of benzene rings is 1. The molecule has 0 saturated carbocycles. The SMILES string of the molecule is Cc1ccc2c(CN3CCc4nc(-c5cncnc5)[nH]c(=O)c4C3)c[nH]c2c1. The number of nitrogens with zero attached hydrogens (tertiary/aromatic N) is 4. The fourth-order valence-corrected chi connectivity index (χ4v) is 3.85. The van der Waals surface area contributed by atoms with Gasteiger partial charge in [0.25, 0.3) is 5.56 Å². The summed E-state index contributed by atoms with van der Waals surface area (Å²) in [4.78, 5) is 33.9. The number of nitrogens with one attached hydrogen (secondary N) is 2. The van der Waals surface area contributed by atoms with E-state index in [1.807, 2.05) is 0 Å². The van der Waals surface area contributed by atoms with Crippen LogP contribution in [0.15, 0.2) is 47.9 Å². The van der Waals surface area contributed by atoms with Crippen molar-refractivity contribution in [1.82, 2.24) is 29.8 Å². The Morgan fingerprint density at radius 1 is 1.21 bits per heavy atom. The molecule has 1 aliphatic heterocycles. The first kappa shape index (κ1) is 16.8. The van der Waals surface area contributed by atoms with Gasteiger partial charge in [0, 0.05) is 55.5 Å². The van der Waals surface area contributed by atoms with E-state index in [2.05, 4.69) is 61.1 Å². The Morgan fingerprint density at radius 2 is 2.07 bits per heavy atom. The molecule has 4 heterocycles. The van der Waals surface area contributed by atoms with Crippen molar-refractivity contribution in [3.8, 4) is 11.4 Å². The molecule has 3 aromatic heterocycles. The minimum absolute atomic E-state index is 0.0805. The fraction of sp³-hybridized carbons (Fsp3) is 0.238. The summed E-state index contributed by atoms with van der Waals surface area (Å²) in [5, 5.41) is 1.24. The molecule has 0 saturated heterocycles. The van der Waals surface area contributed by atoms with Crippen LogP contribution < -0.4 is 5.56 Å². The number of fused-ring (bicyclic) bond motifs is 2. The molecule has 7 heteroatoms. The molecule has 28 heavy (non-hydrogen) atoms. The van der Waals surface area contributed by atoms with Gasteiger partial charge in [-0.3, -0.25) is 9.69 Å². The first-order valence-corrected chi connectivity index (χ1v) is 9.34. The average molecular weight is 372 g/mol. The van der Waals surface area contributed by atoms with E-state index < -0.39 is 0 Å². The molecule has 4 aromatic rings. The molecule has 2 N–H and O–H groups in total. The van der Waals surface area contributed by atoms with Gasteiger partial charge in [-0.15, -0.1) is 0 Å². The maximum absolute atomic E-state index is 12.7.